The monoisotopic (exact) mass is 642 g/mol. The van der Waals surface area contributed by atoms with Gasteiger partial charge in [-0.1, -0.05) is 65.2 Å². The van der Waals surface area contributed by atoms with Crippen LogP contribution in [0.1, 0.15) is 132 Å². The Labute approximate surface area is 268 Å². The molecular formula is C34H42O12. The number of benzene rings is 2. The molecule has 0 heterocycles. The van der Waals surface area contributed by atoms with Gasteiger partial charge in [0.2, 0.25) is 0 Å². The lowest BCUT2D eigenvalue weighted by Crippen LogP contribution is -2.17. The van der Waals surface area contributed by atoms with Crippen LogP contribution in [0, 0.1) is 0 Å². The molecule has 0 fully saturated rings. The summed E-state index contributed by atoms with van der Waals surface area (Å²) in [6.07, 6.45) is 7.53. The second-order valence-corrected chi connectivity index (χ2v) is 10.5. The summed E-state index contributed by atoms with van der Waals surface area (Å²) in [7, 11) is 2.13. The van der Waals surface area contributed by atoms with E-state index in [9.17, 15) is 28.8 Å². The van der Waals surface area contributed by atoms with E-state index in [4.69, 9.17) is 19.2 Å². The second kappa shape index (κ2) is 20.3. The molecule has 2 rings (SSSR count). The third kappa shape index (κ3) is 12.3. The highest BCUT2D eigenvalue weighted by molar-refractivity contribution is 6.02. The minimum absolute atomic E-state index is 0.153. The van der Waals surface area contributed by atoms with E-state index in [2.05, 4.69) is 23.3 Å². The number of ether oxygens (including phenoxy) is 4. The summed E-state index contributed by atoms with van der Waals surface area (Å²) in [5.74, 6) is -3.67. The van der Waals surface area contributed by atoms with Crippen LogP contribution in [0.15, 0.2) is 36.4 Å². The highest BCUT2D eigenvalue weighted by atomic mass is 17.2. The van der Waals surface area contributed by atoms with Crippen molar-refractivity contribution in [3.8, 4) is 11.5 Å². The summed E-state index contributed by atoms with van der Waals surface area (Å²) in [4.78, 5) is 84.8. The van der Waals surface area contributed by atoms with E-state index in [1.807, 2.05) is 0 Å². The standard InChI is InChI=1S/C34H42O12/c1-5-7-9-11-13-15-27(35)23-17-19-29(43-33(39)41-3)25(21-23)31(37)45-46-32(38)26-22-24(18-20-30(26)44-34(40)42-4)28(36)16-14-12-10-8-6-2/h17-22H,5-16H2,1-4H3. The van der Waals surface area contributed by atoms with Crippen molar-refractivity contribution in [2.45, 2.75) is 90.9 Å². The Kier molecular flexibility index (Phi) is 16.5. The molecule has 0 unspecified atom stereocenters. The van der Waals surface area contributed by atoms with Crippen LogP contribution >= 0.6 is 0 Å². The van der Waals surface area contributed by atoms with Gasteiger partial charge in [-0.2, -0.15) is 0 Å². The molecule has 12 nitrogen and oxygen atoms in total. The number of ketones is 2. The molecule has 2 aromatic rings. The van der Waals surface area contributed by atoms with Crippen molar-refractivity contribution in [1.82, 2.24) is 0 Å². The number of rotatable bonds is 18. The molecule has 12 heteroatoms. The lowest BCUT2D eigenvalue weighted by molar-refractivity contribution is -0.187. The number of Topliss-reactive ketones (excluding diaryl/α,β-unsaturated/α-hetero) is 2. The van der Waals surface area contributed by atoms with E-state index in [0.717, 1.165) is 77.7 Å². The van der Waals surface area contributed by atoms with Crippen molar-refractivity contribution in [3.63, 3.8) is 0 Å². The van der Waals surface area contributed by atoms with Gasteiger partial charge in [-0.3, -0.25) is 9.59 Å². The van der Waals surface area contributed by atoms with E-state index in [-0.39, 0.29) is 47.0 Å². The molecule has 2 aromatic carbocycles. The van der Waals surface area contributed by atoms with Gasteiger partial charge in [-0.25, -0.2) is 29.0 Å². The quantitative estimate of drug-likeness (QED) is 0.0386. The number of hydrogen-bond acceptors (Lipinski definition) is 12. The number of unbranched alkanes of at least 4 members (excludes halogenated alkanes) is 8. The summed E-state index contributed by atoms with van der Waals surface area (Å²) >= 11 is 0. The predicted octanol–water partition coefficient (Wildman–Crippen LogP) is 7.99. The van der Waals surface area contributed by atoms with Crippen molar-refractivity contribution in [2.75, 3.05) is 14.2 Å². The summed E-state index contributed by atoms with van der Waals surface area (Å²) in [6, 6.07) is 7.54. The Hall–Kier alpha value is -4.74. The zero-order chi connectivity index (χ0) is 33.9. The number of hydrogen-bond donors (Lipinski definition) is 0. The molecular weight excluding hydrogens is 600 g/mol. The Morgan fingerprint density at radius 3 is 1.24 bits per heavy atom. The smallest absolute Gasteiger partial charge is 0.437 e. The minimum atomic E-state index is -1.28. The summed E-state index contributed by atoms with van der Waals surface area (Å²) in [5, 5.41) is 0. The van der Waals surface area contributed by atoms with Crippen molar-refractivity contribution >= 4 is 35.8 Å². The molecule has 0 aliphatic heterocycles. The summed E-state index contributed by atoms with van der Waals surface area (Å²) < 4.78 is 19.0. The van der Waals surface area contributed by atoms with Crippen LogP contribution in [0.5, 0.6) is 11.5 Å². The first-order valence-corrected chi connectivity index (χ1v) is 15.4. The molecule has 0 bridgehead atoms. The SMILES string of the molecule is CCCCCCCC(=O)c1ccc(OC(=O)OC)c(C(=O)OOC(=O)c2cc(C(=O)CCCCCCC)ccc2OC(=O)OC)c1. The van der Waals surface area contributed by atoms with E-state index >= 15 is 0 Å². The van der Waals surface area contributed by atoms with Crippen LogP contribution in [0.2, 0.25) is 0 Å². The first-order chi connectivity index (χ1) is 22.1. The van der Waals surface area contributed by atoms with Gasteiger partial charge in [-0.05, 0) is 49.2 Å². The first kappa shape index (κ1) is 37.4. The molecule has 0 aromatic heterocycles. The van der Waals surface area contributed by atoms with Gasteiger partial charge < -0.3 is 18.9 Å². The highest BCUT2D eigenvalue weighted by Gasteiger charge is 2.25. The molecule has 0 saturated carbocycles. The second-order valence-electron chi connectivity index (χ2n) is 10.5. The fraction of sp³-hybridized carbons (Fsp3) is 0.471. The average Bonchev–Trinajstić information content (AvgIpc) is 3.06. The number of carbonyl (C=O) groups is 6. The van der Waals surface area contributed by atoms with Crippen molar-refractivity contribution in [1.29, 1.82) is 0 Å². The number of methoxy groups -OCH3 is 2. The Morgan fingerprint density at radius 1 is 0.522 bits per heavy atom. The molecule has 0 saturated heterocycles. The zero-order valence-electron chi connectivity index (χ0n) is 26.8. The topological polar surface area (TPSA) is 158 Å². The summed E-state index contributed by atoms with van der Waals surface area (Å²) in [5.41, 5.74) is -0.484. The maximum Gasteiger partial charge on any atom is 0.513 e. The molecule has 0 N–H and O–H groups in total. The Balaban J connectivity index is 2.25. The van der Waals surface area contributed by atoms with Gasteiger partial charge in [0, 0.05) is 24.0 Å². The van der Waals surface area contributed by atoms with Gasteiger partial charge in [0.15, 0.2) is 11.6 Å². The third-order valence-electron chi connectivity index (χ3n) is 6.97. The van der Waals surface area contributed by atoms with Gasteiger partial charge in [0.05, 0.1) is 14.2 Å². The first-order valence-electron chi connectivity index (χ1n) is 15.4. The van der Waals surface area contributed by atoms with Gasteiger partial charge in [0.25, 0.3) is 0 Å². The normalized spacial score (nSPS) is 10.4. The maximum atomic E-state index is 13.1. The zero-order valence-corrected chi connectivity index (χ0v) is 26.8. The van der Waals surface area contributed by atoms with Crippen LogP contribution in [-0.2, 0) is 19.2 Å². The van der Waals surface area contributed by atoms with Crippen molar-refractivity contribution in [2.24, 2.45) is 0 Å². The van der Waals surface area contributed by atoms with Crippen molar-refractivity contribution < 1.29 is 57.5 Å². The average molecular weight is 643 g/mol. The lowest BCUT2D eigenvalue weighted by Gasteiger charge is -2.12. The largest absolute Gasteiger partial charge is 0.513 e. The molecule has 250 valence electrons. The van der Waals surface area contributed by atoms with Crippen molar-refractivity contribution in [3.05, 3.63) is 58.7 Å². The molecule has 0 radical (unpaired) electrons. The Morgan fingerprint density at radius 2 is 0.891 bits per heavy atom. The molecule has 0 atom stereocenters. The minimum Gasteiger partial charge on any atom is -0.437 e. The van der Waals surface area contributed by atoms with Crippen LogP contribution in [0.3, 0.4) is 0 Å². The molecule has 0 amide bonds. The van der Waals surface area contributed by atoms with Gasteiger partial charge >= 0.3 is 24.2 Å². The van der Waals surface area contributed by atoms with E-state index in [1.54, 1.807) is 0 Å². The van der Waals surface area contributed by atoms with Crippen LogP contribution in [-0.4, -0.2) is 50.0 Å². The summed E-state index contributed by atoms with van der Waals surface area (Å²) in [6.45, 7) is 4.18. The molecule has 46 heavy (non-hydrogen) atoms. The number of carbonyl (C=O) groups excluding carboxylic acids is 6. The third-order valence-corrected chi connectivity index (χ3v) is 6.97. The Bertz CT molecular complexity index is 1260. The van der Waals surface area contributed by atoms with Gasteiger partial charge in [0.1, 0.15) is 22.6 Å². The van der Waals surface area contributed by atoms with E-state index in [1.165, 1.54) is 24.3 Å². The van der Waals surface area contributed by atoms with E-state index < -0.39 is 35.4 Å². The highest BCUT2D eigenvalue weighted by Crippen LogP contribution is 2.26. The van der Waals surface area contributed by atoms with Crippen LogP contribution < -0.4 is 9.47 Å². The predicted molar refractivity (Wildman–Crippen MR) is 165 cm³/mol. The molecule has 0 aliphatic carbocycles. The molecule has 0 spiro atoms. The fourth-order valence-corrected chi connectivity index (χ4v) is 4.40. The van der Waals surface area contributed by atoms with E-state index in [0.29, 0.717) is 12.8 Å². The molecule has 0 aliphatic rings. The maximum absolute atomic E-state index is 13.1. The van der Waals surface area contributed by atoms with Crippen LogP contribution in [0.25, 0.3) is 0 Å². The van der Waals surface area contributed by atoms with Crippen LogP contribution in [0.4, 0.5) is 9.59 Å². The lowest BCUT2D eigenvalue weighted by atomic mass is 10.0. The fourth-order valence-electron chi connectivity index (χ4n) is 4.40. The van der Waals surface area contributed by atoms with Gasteiger partial charge in [-0.15, -0.1) is 0 Å².